The minimum atomic E-state index is 0.607. The number of methoxy groups -OCH3 is 1. The summed E-state index contributed by atoms with van der Waals surface area (Å²) in [5.41, 5.74) is 8.41. The van der Waals surface area contributed by atoms with E-state index in [0.29, 0.717) is 12.5 Å². The highest BCUT2D eigenvalue weighted by molar-refractivity contribution is 5.78. The first-order chi connectivity index (χ1) is 9.58. The molecule has 1 heterocycles. The molecule has 1 aliphatic heterocycles. The Bertz CT molecular complexity index is 477. The van der Waals surface area contributed by atoms with Gasteiger partial charge in [0.1, 0.15) is 5.75 Å². The molecule has 1 aromatic carbocycles. The number of benzene rings is 1. The molecule has 4 heteroatoms. The van der Waals surface area contributed by atoms with Crippen LogP contribution in [0.4, 0.5) is 0 Å². The third-order valence-corrected chi connectivity index (χ3v) is 3.88. The van der Waals surface area contributed by atoms with E-state index in [-0.39, 0.29) is 0 Å². The monoisotopic (exact) mass is 275 g/mol. The number of aliphatic imine (C=N–C) groups is 1. The van der Waals surface area contributed by atoms with Crippen LogP contribution in [0, 0.1) is 12.8 Å². The lowest BCUT2D eigenvalue weighted by atomic mass is 10.00. The minimum Gasteiger partial charge on any atom is -0.497 e. The molecule has 0 amide bonds. The number of likely N-dealkylation sites (tertiary alicyclic amines) is 1. The van der Waals surface area contributed by atoms with Gasteiger partial charge in [0, 0.05) is 13.1 Å². The van der Waals surface area contributed by atoms with E-state index in [1.165, 1.54) is 18.4 Å². The topological polar surface area (TPSA) is 50.9 Å². The number of rotatable bonds is 3. The number of nitrogens with two attached hydrogens (primary N) is 1. The molecule has 0 radical (unpaired) electrons. The molecule has 2 N–H and O–H groups in total. The van der Waals surface area contributed by atoms with Crippen molar-refractivity contribution < 1.29 is 4.74 Å². The Morgan fingerprint density at radius 2 is 2.05 bits per heavy atom. The van der Waals surface area contributed by atoms with Crippen LogP contribution in [0.5, 0.6) is 5.75 Å². The predicted octanol–water partition coefficient (Wildman–Crippen LogP) is 2.55. The van der Waals surface area contributed by atoms with Gasteiger partial charge in [0.25, 0.3) is 0 Å². The molecule has 1 aromatic rings. The number of guanidine groups is 1. The molecule has 0 saturated carbocycles. The second kappa shape index (κ2) is 6.64. The summed E-state index contributed by atoms with van der Waals surface area (Å²) in [4.78, 5) is 6.71. The van der Waals surface area contributed by atoms with Crippen molar-refractivity contribution in [2.24, 2.45) is 16.6 Å². The summed E-state index contributed by atoms with van der Waals surface area (Å²) >= 11 is 0. The molecule has 110 valence electrons. The second-order valence-corrected chi connectivity index (χ2v) is 5.70. The van der Waals surface area contributed by atoms with Gasteiger partial charge in [-0.2, -0.15) is 0 Å². The van der Waals surface area contributed by atoms with E-state index in [4.69, 9.17) is 10.5 Å². The van der Waals surface area contributed by atoms with Crippen LogP contribution in [0.1, 0.15) is 30.9 Å². The van der Waals surface area contributed by atoms with Gasteiger partial charge in [-0.1, -0.05) is 13.0 Å². The van der Waals surface area contributed by atoms with Gasteiger partial charge in [0.2, 0.25) is 0 Å². The molecule has 0 unspecified atom stereocenters. The first kappa shape index (κ1) is 14.7. The average Bonchev–Trinajstić information content (AvgIpc) is 2.45. The summed E-state index contributed by atoms with van der Waals surface area (Å²) in [6, 6.07) is 6.15. The SMILES string of the molecule is COc1cc(C)cc(CN=C(N)N2CCC(C)CC2)c1. The minimum absolute atomic E-state index is 0.607. The Kier molecular flexibility index (Phi) is 4.88. The van der Waals surface area contributed by atoms with E-state index in [9.17, 15) is 0 Å². The molecule has 1 saturated heterocycles. The van der Waals surface area contributed by atoms with E-state index in [1.807, 2.05) is 12.1 Å². The van der Waals surface area contributed by atoms with Gasteiger partial charge in [-0.15, -0.1) is 0 Å². The van der Waals surface area contributed by atoms with Crippen LogP contribution in [-0.4, -0.2) is 31.1 Å². The third kappa shape index (κ3) is 3.89. The van der Waals surface area contributed by atoms with Crippen molar-refractivity contribution in [2.75, 3.05) is 20.2 Å². The third-order valence-electron chi connectivity index (χ3n) is 3.88. The van der Waals surface area contributed by atoms with Crippen molar-refractivity contribution in [3.63, 3.8) is 0 Å². The molecule has 1 fully saturated rings. The first-order valence-electron chi connectivity index (χ1n) is 7.28. The zero-order valence-corrected chi connectivity index (χ0v) is 12.7. The van der Waals surface area contributed by atoms with Crippen LogP contribution in [0.2, 0.25) is 0 Å². The van der Waals surface area contributed by atoms with Crippen LogP contribution in [0.3, 0.4) is 0 Å². The number of hydrogen-bond donors (Lipinski definition) is 1. The molecule has 0 aliphatic carbocycles. The number of aryl methyl sites for hydroxylation is 1. The van der Waals surface area contributed by atoms with Crippen LogP contribution >= 0.6 is 0 Å². The Morgan fingerprint density at radius 1 is 1.35 bits per heavy atom. The van der Waals surface area contributed by atoms with Crippen molar-refractivity contribution in [1.82, 2.24) is 4.90 Å². The fourth-order valence-electron chi connectivity index (χ4n) is 2.54. The molecular formula is C16H25N3O. The summed E-state index contributed by atoms with van der Waals surface area (Å²) in [6.07, 6.45) is 2.41. The van der Waals surface area contributed by atoms with Crippen molar-refractivity contribution in [2.45, 2.75) is 33.2 Å². The summed E-state index contributed by atoms with van der Waals surface area (Å²) in [7, 11) is 1.69. The van der Waals surface area contributed by atoms with Crippen molar-refractivity contribution >= 4 is 5.96 Å². The molecule has 0 bridgehead atoms. The highest BCUT2D eigenvalue weighted by Gasteiger charge is 2.16. The van der Waals surface area contributed by atoms with Gasteiger partial charge in [-0.3, -0.25) is 0 Å². The zero-order chi connectivity index (χ0) is 14.5. The van der Waals surface area contributed by atoms with E-state index in [0.717, 1.165) is 30.3 Å². The van der Waals surface area contributed by atoms with Gasteiger partial charge in [-0.05, 0) is 48.9 Å². The molecule has 0 aromatic heterocycles. The van der Waals surface area contributed by atoms with Gasteiger partial charge in [0.05, 0.1) is 13.7 Å². The van der Waals surface area contributed by atoms with Crippen LogP contribution < -0.4 is 10.5 Å². The standard InChI is InChI=1S/C16H25N3O/c1-12-4-6-19(7-5-12)16(17)18-11-14-8-13(2)9-15(10-14)20-3/h8-10,12H,4-7,11H2,1-3H3,(H2,17,18). The van der Waals surface area contributed by atoms with Gasteiger partial charge in [0.15, 0.2) is 5.96 Å². The molecule has 0 atom stereocenters. The lowest BCUT2D eigenvalue weighted by Crippen LogP contribution is -2.42. The summed E-state index contributed by atoms with van der Waals surface area (Å²) < 4.78 is 5.28. The lowest BCUT2D eigenvalue weighted by Gasteiger charge is -2.31. The quantitative estimate of drug-likeness (QED) is 0.681. The highest BCUT2D eigenvalue weighted by atomic mass is 16.5. The summed E-state index contributed by atoms with van der Waals surface area (Å²) in [6.45, 7) is 7.01. The number of ether oxygens (including phenoxy) is 1. The number of nitrogens with zero attached hydrogens (tertiary/aromatic N) is 2. The Morgan fingerprint density at radius 3 is 2.70 bits per heavy atom. The molecule has 4 nitrogen and oxygen atoms in total. The maximum atomic E-state index is 6.09. The van der Waals surface area contributed by atoms with Crippen LogP contribution in [0.15, 0.2) is 23.2 Å². The van der Waals surface area contributed by atoms with Gasteiger partial charge < -0.3 is 15.4 Å². The van der Waals surface area contributed by atoms with Crippen LogP contribution in [0.25, 0.3) is 0 Å². The Hall–Kier alpha value is -1.71. The van der Waals surface area contributed by atoms with Gasteiger partial charge in [-0.25, -0.2) is 4.99 Å². The molecule has 0 spiro atoms. The van der Waals surface area contributed by atoms with E-state index in [2.05, 4.69) is 29.8 Å². The maximum Gasteiger partial charge on any atom is 0.191 e. The second-order valence-electron chi connectivity index (χ2n) is 5.70. The van der Waals surface area contributed by atoms with E-state index >= 15 is 0 Å². The normalized spacial score (nSPS) is 17.4. The first-order valence-corrected chi connectivity index (χ1v) is 7.28. The molecule has 1 aliphatic rings. The molecule has 2 rings (SSSR count). The predicted molar refractivity (Wildman–Crippen MR) is 83.0 cm³/mol. The van der Waals surface area contributed by atoms with Crippen molar-refractivity contribution in [3.8, 4) is 5.75 Å². The largest absolute Gasteiger partial charge is 0.497 e. The Labute approximate surface area is 121 Å². The maximum absolute atomic E-state index is 6.09. The van der Waals surface area contributed by atoms with Crippen molar-refractivity contribution in [3.05, 3.63) is 29.3 Å². The smallest absolute Gasteiger partial charge is 0.191 e. The number of piperidine rings is 1. The van der Waals surface area contributed by atoms with Crippen LogP contribution in [-0.2, 0) is 6.54 Å². The highest BCUT2D eigenvalue weighted by Crippen LogP contribution is 2.18. The van der Waals surface area contributed by atoms with Gasteiger partial charge >= 0.3 is 0 Å². The molecular weight excluding hydrogens is 250 g/mol. The van der Waals surface area contributed by atoms with E-state index < -0.39 is 0 Å². The number of hydrogen-bond acceptors (Lipinski definition) is 2. The fraction of sp³-hybridized carbons (Fsp3) is 0.562. The van der Waals surface area contributed by atoms with Crippen molar-refractivity contribution in [1.29, 1.82) is 0 Å². The summed E-state index contributed by atoms with van der Waals surface area (Å²) in [5.74, 6) is 2.35. The zero-order valence-electron chi connectivity index (χ0n) is 12.7. The molecule has 20 heavy (non-hydrogen) atoms. The Balaban J connectivity index is 1.99. The summed E-state index contributed by atoms with van der Waals surface area (Å²) in [5, 5.41) is 0. The van der Waals surface area contributed by atoms with E-state index in [1.54, 1.807) is 7.11 Å². The fourth-order valence-corrected chi connectivity index (χ4v) is 2.54. The lowest BCUT2D eigenvalue weighted by molar-refractivity contribution is 0.277. The average molecular weight is 275 g/mol.